The summed E-state index contributed by atoms with van der Waals surface area (Å²) >= 11 is 0. The average Bonchev–Trinajstić information content (AvgIpc) is 2.41. The van der Waals surface area contributed by atoms with Gasteiger partial charge in [0.05, 0.1) is 5.69 Å². The monoisotopic (exact) mass is 259 g/mol. The molecule has 0 spiro atoms. The molecule has 0 aliphatic carbocycles. The molecule has 0 amide bonds. The predicted molar refractivity (Wildman–Crippen MR) is 75.1 cm³/mol. The number of nitrogens with two attached hydrogens (primary N) is 3. The van der Waals surface area contributed by atoms with E-state index in [4.69, 9.17) is 17.2 Å². The van der Waals surface area contributed by atoms with Gasteiger partial charge in [-0.3, -0.25) is 4.99 Å². The fourth-order valence-electron chi connectivity index (χ4n) is 1.70. The van der Waals surface area contributed by atoms with E-state index in [0.29, 0.717) is 22.6 Å². The van der Waals surface area contributed by atoms with Gasteiger partial charge in [-0.05, 0) is 23.8 Å². The molecule has 5 nitrogen and oxygen atoms in total. The van der Waals surface area contributed by atoms with Gasteiger partial charge in [0.25, 0.3) is 0 Å². The summed E-state index contributed by atoms with van der Waals surface area (Å²) < 4.78 is 13.0. The molecule has 0 aliphatic heterocycles. The van der Waals surface area contributed by atoms with E-state index in [0.717, 1.165) is 5.56 Å². The van der Waals surface area contributed by atoms with Crippen LogP contribution < -0.4 is 17.2 Å². The van der Waals surface area contributed by atoms with Gasteiger partial charge >= 0.3 is 0 Å². The smallest absolute Gasteiger partial charge is 0.236 e. The molecule has 2 rings (SSSR count). The molecule has 19 heavy (non-hydrogen) atoms. The first-order valence-corrected chi connectivity index (χ1v) is 5.56. The maximum absolute atomic E-state index is 13.0. The van der Waals surface area contributed by atoms with Crippen LogP contribution in [-0.2, 0) is 0 Å². The number of pyridine rings is 1. The van der Waals surface area contributed by atoms with Crippen LogP contribution in [0.2, 0.25) is 0 Å². The standard InChI is InChI=1S/C13H14FN5/c1-18-13(17)9-4-7(2-3-10(9)15)8-5-11(16)12(14)19-6-8/h2-6H,15-16H2,1H3,(H2,17,18). The number of halogens is 1. The Hall–Kier alpha value is -2.63. The zero-order valence-corrected chi connectivity index (χ0v) is 10.4. The topological polar surface area (TPSA) is 103 Å². The van der Waals surface area contributed by atoms with E-state index in [1.807, 2.05) is 0 Å². The zero-order chi connectivity index (χ0) is 14.0. The molecule has 0 unspecified atom stereocenters. The Morgan fingerprint density at radius 2 is 1.89 bits per heavy atom. The maximum Gasteiger partial charge on any atom is 0.236 e. The number of hydrogen-bond acceptors (Lipinski definition) is 4. The molecular weight excluding hydrogens is 245 g/mol. The summed E-state index contributed by atoms with van der Waals surface area (Å²) in [4.78, 5) is 7.49. The Balaban J connectivity index is 2.54. The predicted octanol–water partition coefficient (Wildman–Crippen LogP) is 1.39. The van der Waals surface area contributed by atoms with E-state index in [1.165, 1.54) is 12.3 Å². The number of amidine groups is 1. The Morgan fingerprint density at radius 3 is 2.53 bits per heavy atom. The van der Waals surface area contributed by atoms with Crippen molar-refractivity contribution in [3.63, 3.8) is 0 Å². The lowest BCUT2D eigenvalue weighted by Crippen LogP contribution is -2.15. The summed E-state index contributed by atoms with van der Waals surface area (Å²) in [7, 11) is 1.58. The van der Waals surface area contributed by atoms with Crippen molar-refractivity contribution in [3.05, 3.63) is 42.0 Å². The molecular formula is C13H14FN5. The Bertz CT molecular complexity index is 651. The molecule has 0 aliphatic rings. The fraction of sp³-hybridized carbons (Fsp3) is 0.0769. The minimum atomic E-state index is -0.686. The second-order valence-corrected chi connectivity index (χ2v) is 4.01. The fourth-order valence-corrected chi connectivity index (χ4v) is 1.70. The number of nitrogens with zero attached hydrogens (tertiary/aromatic N) is 2. The molecule has 0 atom stereocenters. The van der Waals surface area contributed by atoms with Crippen molar-refractivity contribution in [1.82, 2.24) is 4.98 Å². The van der Waals surface area contributed by atoms with Crippen molar-refractivity contribution in [2.75, 3.05) is 18.5 Å². The number of hydrogen-bond donors (Lipinski definition) is 3. The number of anilines is 2. The van der Waals surface area contributed by atoms with Crippen LogP contribution >= 0.6 is 0 Å². The highest BCUT2D eigenvalue weighted by molar-refractivity contribution is 6.03. The Kier molecular flexibility index (Phi) is 3.33. The molecule has 0 radical (unpaired) electrons. The van der Waals surface area contributed by atoms with Gasteiger partial charge in [-0.15, -0.1) is 0 Å². The molecule has 0 saturated carbocycles. The molecule has 0 fully saturated rings. The van der Waals surface area contributed by atoms with Crippen LogP contribution in [0.3, 0.4) is 0 Å². The number of nitrogen functional groups attached to an aromatic ring is 2. The number of benzene rings is 1. The second kappa shape index (κ2) is 4.93. The molecule has 0 bridgehead atoms. The Labute approximate surface area is 110 Å². The van der Waals surface area contributed by atoms with Crippen molar-refractivity contribution >= 4 is 17.2 Å². The lowest BCUT2D eigenvalue weighted by Gasteiger charge is -2.08. The first-order chi connectivity index (χ1) is 9.02. The number of rotatable bonds is 2. The van der Waals surface area contributed by atoms with Gasteiger partial charge < -0.3 is 17.2 Å². The minimum Gasteiger partial charge on any atom is -0.398 e. The average molecular weight is 259 g/mol. The molecule has 2 aromatic rings. The number of aromatic nitrogens is 1. The van der Waals surface area contributed by atoms with E-state index in [1.54, 1.807) is 25.2 Å². The highest BCUT2D eigenvalue weighted by atomic mass is 19.1. The van der Waals surface area contributed by atoms with Crippen molar-refractivity contribution in [1.29, 1.82) is 0 Å². The summed E-state index contributed by atoms with van der Waals surface area (Å²) in [5.41, 5.74) is 19.7. The second-order valence-electron chi connectivity index (χ2n) is 4.01. The SMILES string of the molecule is CN=C(N)c1cc(-c2cnc(F)c(N)c2)ccc1N. The van der Waals surface area contributed by atoms with Crippen molar-refractivity contribution < 1.29 is 4.39 Å². The molecule has 1 aromatic carbocycles. The van der Waals surface area contributed by atoms with Gasteiger partial charge in [0.1, 0.15) is 5.84 Å². The van der Waals surface area contributed by atoms with Crippen LogP contribution in [0.15, 0.2) is 35.5 Å². The Morgan fingerprint density at radius 1 is 1.16 bits per heavy atom. The van der Waals surface area contributed by atoms with Crippen LogP contribution in [-0.4, -0.2) is 17.9 Å². The zero-order valence-electron chi connectivity index (χ0n) is 10.4. The molecule has 6 heteroatoms. The van der Waals surface area contributed by atoms with Gasteiger partial charge in [0, 0.05) is 30.1 Å². The molecule has 6 N–H and O–H groups in total. The van der Waals surface area contributed by atoms with Crippen molar-refractivity contribution in [3.8, 4) is 11.1 Å². The quantitative estimate of drug-likeness (QED) is 0.328. The van der Waals surface area contributed by atoms with Gasteiger partial charge in [0.15, 0.2) is 0 Å². The highest BCUT2D eigenvalue weighted by Gasteiger charge is 2.08. The molecule has 98 valence electrons. The summed E-state index contributed by atoms with van der Waals surface area (Å²) in [6.07, 6.45) is 1.40. The number of aliphatic imine (C=N–C) groups is 1. The third-order valence-electron chi connectivity index (χ3n) is 2.77. The summed E-state index contributed by atoms with van der Waals surface area (Å²) in [5, 5.41) is 0. The van der Waals surface area contributed by atoms with Gasteiger partial charge in [-0.1, -0.05) is 6.07 Å². The van der Waals surface area contributed by atoms with Gasteiger partial charge in [-0.2, -0.15) is 4.39 Å². The third kappa shape index (κ3) is 2.47. The molecule has 0 saturated heterocycles. The molecule has 1 aromatic heterocycles. The van der Waals surface area contributed by atoms with Crippen LogP contribution in [0.4, 0.5) is 15.8 Å². The largest absolute Gasteiger partial charge is 0.398 e. The third-order valence-corrected chi connectivity index (χ3v) is 2.77. The van der Waals surface area contributed by atoms with Gasteiger partial charge in [-0.25, -0.2) is 4.98 Å². The van der Waals surface area contributed by atoms with E-state index in [-0.39, 0.29) is 5.69 Å². The first kappa shape index (κ1) is 12.8. The lowest BCUT2D eigenvalue weighted by molar-refractivity contribution is 0.589. The first-order valence-electron chi connectivity index (χ1n) is 5.56. The van der Waals surface area contributed by atoms with Crippen molar-refractivity contribution in [2.24, 2.45) is 10.7 Å². The van der Waals surface area contributed by atoms with E-state index < -0.39 is 5.95 Å². The summed E-state index contributed by atoms with van der Waals surface area (Å²) in [6, 6.07) is 6.78. The van der Waals surface area contributed by atoms with Crippen LogP contribution in [0.1, 0.15) is 5.56 Å². The maximum atomic E-state index is 13.0. The minimum absolute atomic E-state index is 0.00648. The highest BCUT2D eigenvalue weighted by Crippen LogP contribution is 2.25. The summed E-state index contributed by atoms with van der Waals surface area (Å²) in [6.45, 7) is 0. The van der Waals surface area contributed by atoms with E-state index in [2.05, 4.69) is 9.98 Å². The normalized spacial score (nSPS) is 11.6. The van der Waals surface area contributed by atoms with Crippen LogP contribution in [0.5, 0.6) is 0 Å². The van der Waals surface area contributed by atoms with E-state index >= 15 is 0 Å². The van der Waals surface area contributed by atoms with E-state index in [9.17, 15) is 4.39 Å². The molecule has 1 heterocycles. The van der Waals surface area contributed by atoms with Crippen LogP contribution in [0.25, 0.3) is 11.1 Å². The van der Waals surface area contributed by atoms with Gasteiger partial charge in [0.2, 0.25) is 5.95 Å². The summed E-state index contributed by atoms with van der Waals surface area (Å²) in [5.74, 6) is -0.351. The lowest BCUT2D eigenvalue weighted by atomic mass is 10.0. The van der Waals surface area contributed by atoms with Crippen molar-refractivity contribution in [2.45, 2.75) is 0 Å². The van der Waals surface area contributed by atoms with Crippen LogP contribution in [0, 0.1) is 5.95 Å².